The number of ether oxygens (including phenoxy) is 1. The first-order valence-corrected chi connectivity index (χ1v) is 5.17. The van der Waals surface area contributed by atoms with E-state index in [4.69, 9.17) is 4.74 Å². The molecule has 0 saturated carbocycles. The fourth-order valence-electron chi connectivity index (χ4n) is 1.10. The molecule has 7 heteroatoms. The number of nitrogens with zero attached hydrogens (tertiary/aromatic N) is 4. The Morgan fingerprint density at radius 3 is 3.20 bits per heavy atom. The summed E-state index contributed by atoms with van der Waals surface area (Å²) in [4.78, 5) is 27.1. The van der Waals surface area contributed by atoms with Gasteiger partial charge in [-0.1, -0.05) is 0 Å². The van der Waals surface area contributed by atoms with E-state index >= 15 is 0 Å². The highest BCUT2D eigenvalue weighted by Gasteiger charge is 2.28. The highest BCUT2D eigenvalue weighted by molar-refractivity contribution is 8.26. The van der Waals surface area contributed by atoms with E-state index in [1.807, 2.05) is 0 Å². The lowest BCUT2D eigenvalue weighted by Crippen LogP contribution is -2.26. The Kier molecular flexibility index (Phi) is 2.91. The molecule has 15 heavy (non-hydrogen) atoms. The first-order chi connectivity index (χ1) is 7.31. The molecule has 0 aromatic carbocycles. The highest BCUT2D eigenvalue weighted by Crippen LogP contribution is 2.19. The minimum Gasteiger partial charge on any atom is -0.458 e. The molecule has 0 aromatic rings. The molecule has 0 aromatic heterocycles. The van der Waals surface area contributed by atoms with Crippen molar-refractivity contribution in [3.05, 3.63) is 0 Å². The maximum Gasteiger partial charge on any atom is 0.373 e. The molecule has 2 heterocycles. The third kappa shape index (κ3) is 2.12. The van der Waals surface area contributed by atoms with Gasteiger partial charge in [0.25, 0.3) is 0 Å². The van der Waals surface area contributed by atoms with Gasteiger partial charge in [-0.25, -0.2) is 19.8 Å². The van der Waals surface area contributed by atoms with Crippen molar-refractivity contribution in [1.82, 2.24) is 0 Å². The summed E-state index contributed by atoms with van der Waals surface area (Å²) in [6.45, 7) is 2.10. The predicted octanol–water partition coefficient (Wildman–Crippen LogP) is 1.13. The Labute approximate surface area is 90.3 Å². The summed E-state index contributed by atoms with van der Waals surface area (Å²) >= 11 is 0.925. The van der Waals surface area contributed by atoms with Crippen LogP contribution in [0.25, 0.3) is 0 Å². The van der Waals surface area contributed by atoms with Gasteiger partial charge in [-0.3, -0.25) is 4.99 Å². The molecular weight excluding hydrogens is 216 g/mol. The molecule has 0 bridgehead atoms. The van der Waals surface area contributed by atoms with E-state index in [2.05, 4.69) is 20.0 Å². The van der Waals surface area contributed by atoms with E-state index in [0.29, 0.717) is 17.5 Å². The van der Waals surface area contributed by atoms with Crippen molar-refractivity contribution >= 4 is 40.6 Å². The van der Waals surface area contributed by atoms with Crippen molar-refractivity contribution in [1.29, 1.82) is 0 Å². The van der Waals surface area contributed by atoms with Crippen LogP contribution in [0.15, 0.2) is 20.0 Å². The smallest absolute Gasteiger partial charge is 0.373 e. The number of fused-ring (bicyclic) bond motifs is 1. The fourth-order valence-corrected chi connectivity index (χ4v) is 1.83. The molecular formula is C8H8N4O2S. The predicted molar refractivity (Wildman–Crippen MR) is 60.3 cm³/mol. The average molecular weight is 224 g/mol. The lowest BCUT2D eigenvalue weighted by atomic mass is 10.3. The van der Waals surface area contributed by atoms with Gasteiger partial charge in [-0.05, 0) is 6.92 Å². The Morgan fingerprint density at radius 1 is 1.53 bits per heavy atom. The van der Waals surface area contributed by atoms with E-state index in [-0.39, 0.29) is 11.3 Å². The molecule has 0 aliphatic carbocycles. The van der Waals surface area contributed by atoms with Gasteiger partial charge in [0.1, 0.15) is 17.7 Å². The van der Waals surface area contributed by atoms with Gasteiger partial charge in [-0.15, -0.1) is 0 Å². The molecule has 0 fully saturated rings. The van der Waals surface area contributed by atoms with E-state index in [1.54, 1.807) is 6.92 Å². The number of thioether (sulfide) groups is 1. The lowest BCUT2D eigenvalue weighted by molar-refractivity contribution is 0.182. The van der Waals surface area contributed by atoms with Crippen molar-refractivity contribution < 1.29 is 9.53 Å². The number of hydrogen-bond donors (Lipinski definition) is 0. The number of amidine groups is 1. The van der Waals surface area contributed by atoms with E-state index in [9.17, 15) is 4.79 Å². The zero-order chi connectivity index (χ0) is 10.7. The first kappa shape index (κ1) is 10.0. The van der Waals surface area contributed by atoms with Crippen LogP contribution in [0.3, 0.4) is 0 Å². The molecule has 1 atom stereocenters. The van der Waals surface area contributed by atoms with E-state index in [1.165, 1.54) is 12.7 Å². The van der Waals surface area contributed by atoms with Crippen LogP contribution in [0.5, 0.6) is 0 Å². The second kappa shape index (κ2) is 4.35. The quantitative estimate of drug-likeness (QED) is 0.626. The summed E-state index contributed by atoms with van der Waals surface area (Å²) in [5.74, 6) is 0.566. The third-order valence-corrected chi connectivity index (χ3v) is 2.53. The second-order valence-corrected chi connectivity index (χ2v) is 3.61. The number of rotatable bonds is 1. The molecule has 0 saturated heterocycles. The fraction of sp³-hybridized carbons (Fsp3) is 0.375. The molecule has 0 amide bonds. The monoisotopic (exact) mass is 224 g/mol. The Bertz CT molecular complexity index is 399. The minimum atomic E-state index is -0.381. The minimum absolute atomic E-state index is 0.329. The lowest BCUT2D eigenvalue weighted by Gasteiger charge is -2.11. The molecule has 2 aliphatic rings. The molecule has 78 valence electrons. The zero-order valence-electron chi connectivity index (χ0n) is 7.95. The van der Waals surface area contributed by atoms with Gasteiger partial charge < -0.3 is 4.74 Å². The van der Waals surface area contributed by atoms with E-state index in [0.717, 1.165) is 11.8 Å². The number of aliphatic imine (C=N–C) groups is 4. The molecule has 0 spiro atoms. The maximum absolute atomic E-state index is 11.2. The topological polar surface area (TPSA) is 75.7 Å². The summed E-state index contributed by atoms with van der Waals surface area (Å²) in [6, 6.07) is -0.329. The van der Waals surface area contributed by atoms with Gasteiger partial charge in [-0.2, -0.15) is 0 Å². The molecule has 0 N–H and O–H groups in total. The standard InChI is InChI=1S/C8H8N4O2S/c1-2-14-8(13)15-7-5-6(10-3-9-5)11-4-12-7/h3-5H,2H2,1H3. The van der Waals surface area contributed by atoms with Crippen LogP contribution in [-0.4, -0.2) is 41.5 Å². The summed E-state index contributed by atoms with van der Waals surface area (Å²) in [5.41, 5.74) is 0. The molecule has 6 nitrogen and oxygen atoms in total. The van der Waals surface area contributed by atoms with Crippen molar-refractivity contribution in [3.63, 3.8) is 0 Å². The van der Waals surface area contributed by atoms with Crippen LogP contribution >= 0.6 is 11.8 Å². The third-order valence-electron chi connectivity index (χ3n) is 1.71. The molecule has 0 radical (unpaired) electrons. The Hall–Kier alpha value is -1.50. The second-order valence-electron chi connectivity index (χ2n) is 2.65. The summed E-state index contributed by atoms with van der Waals surface area (Å²) in [6.07, 6.45) is 2.79. The highest BCUT2D eigenvalue weighted by atomic mass is 32.2. The molecule has 2 aliphatic heterocycles. The van der Waals surface area contributed by atoms with Crippen LogP contribution < -0.4 is 0 Å². The summed E-state index contributed by atoms with van der Waals surface area (Å²) in [7, 11) is 0. The van der Waals surface area contributed by atoms with Crippen LogP contribution in [0.1, 0.15) is 6.92 Å². The Morgan fingerprint density at radius 2 is 2.40 bits per heavy atom. The van der Waals surface area contributed by atoms with Crippen LogP contribution in [0.4, 0.5) is 4.79 Å². The van der Waals surface area contributed by atoms with Crippen molar-refractivity contribution in [2.24, 2.45) is 20.0 Å². The molecule has 2 rings (SSSR count). The van der Waals surface area contributed by atoms with Gasteiger partial charge in [0.05, 0.1) is 6.61 Å². The van der Waals surface area contributed by atoms with Crippen LogP contribution in [-0.2, 0) is 4.74 Å². The summed E-state index contributed by atoms with van der Waals surface area (Å²) in [5, 5.41) is 0.170. The van der Waals surface area contributed by atoms with Gasteiger partial charge >= 0.3 is 5.30 Å². The normalized spacial score (nSPS) is 22.1. The van der Waals surface area contributed by atoms with Crippen LogP contribution in [0.2, 0.25) is 0 Å². The van der Waals surface area contributed by atoms with E-state index < -0.39 is 0 Å². The number of carbonyl (C=O) groups is 1. The number of hydrogen-bond acceptors (Lipinski definition) is 7. The van der Waals surface area contributed by atoms with Crippen LogP contribution in [0, 0.1) is 0 Å². The van der Waals surface area contributed by atoms with Gasteiger partial charge in [0, 0.05) is 11.8 Å². The zero-order valence-corrected chi connectivity index (χ0v) is 8.77. The average Bonchev–Trinajstić information content (AvgIpc) is 2.67. The summed E-state index contributed by atoms with van der Waals surface area (Å²) < 4.78 is 4.80. The first-order valence-electron chi connectivity index (χ1n) is 4.35. The van der Waals surface area contributed by atoms with Crippen molar-refractivity contribution in [2.75, 3.05) is 6.61 Å². The Balaban J connectivity index is 2.06. The number of carbonyl (C=O) groups excluding carboxylic acids is 1. The van der Waals surface area contributed by atoms with Gasteiger partial charge in [0.2, 0.25) is 0 Å². The maximum atomic E-state index is 11.2. The largest absolute Gasteiger partial charge is 0.458 e. The molecule has 1 unspecified atom stereocenters. The van der Waals surface area contributed by atoms with Gasteiger partial charge in [0.15, 0.2) is 11.9 Å². The SMILES string of the molecule is CCOC(=O)SC1=NC=NC2=NC=NC21. The van der Waals surface area contributed by atoms with Crippen molar-refractivity contribution in [3.8, 4) is 0 Å². The van der Waals surface area contributed by atoms with Crippen molar-refractivity contribution in [2.45, 2.75) is 13.0 Å².